The van der Waals surface area contributed by atoms with Crippen molar-refractivity contribution in [2.24, 2.45) is 12.8 Å². The maximum absolute atomic E-state index is 13.0. The van der Waals surface area contributed by atoms with Crippen molar-refractivity contribution < 1.29 is 4.39 Å². The summed E-state index contributed by atoms with van der Waals surface area (Å²) < 4.78 is 14.8. The normalized spacial score (nSPS) is 12.7. The summed E-state index contributed by atoms with van der Waals surface area (Å²) in [5.41, 5.74) is 9.25. The molecule has 0 saturated carbocycles. The van der Waals surface area contributed by atoms with Gasteiger partial charge in [-0.15, -0.1) is 0 Å². The summed E-state index contributed by atoms with van der Waals surface area (Å²) in [6.07, 6.45) is 5.55. The molecule has 1 atom stereocenters. The summed E-state index contributed by atoms with van der Waals surface area (Å²) in [5.74, 6) is -0.212. The molecule has 18 heavy (non-hydrogen) atoms. The molecule has 3 nitrogen and oxygen atoms in total. The van der Waals surface area contributed by atoms with Crippen LogP contribution in [-0.4, -0.2) is 9.78 Å². The lowest BCUT2D eigenvalue weighted by Gasteiger charge is -2.14. The lowest BCUT2D eigenvalue weighted by Crippen LogP contribution is -2.12. The molecule has 1 unspecified atom stereocenters. The van der Waals surface area contributed by atoms with Crippen molar-refractivity contribution in [2.45, 2.75) is 25.8 Å². The molecule has 4 heteroatoms. The topological polar surface area (TPSA) is 43.8 Å². The first-order valence-electron chi connectivity index (χ1n) is 6.05. The van der Waals surface area contributed by atoms with E-state index in [1.54, 1.807) is 10.7 Å². The SMILES string of the molecule is Cc1cc(F)ccc1C(N)CCc1cnn(C)c1. The molecule has 0 aliphatic carbocycles. The Kier molecular flexibility index (Phi) is 3.77. The number of aryl methyl sites for hydroxylation is 3. The fourth-order valence-electron chi connectivity index (χ4n) is 2.13. The van der Waals surface area contributed by atoms with Gasteiger partial charge in [0.25, 0.3) is 0 Å². The molecule has 1 heterocycles. The summed E-state index contributed by atoms with van der Waals surface area (Å²) in [7, 11) is 1.90. The summed E-state index contributed by atoms with van der Waals surface area (Å²) in [6, 6.07) is 4.70. The highest BCUT2D eigenvalue weighted by atomic mass is 19.1. The third kappa shape index (κ3) is 2.96. The zero-order valence-corrected chi connectivity index (χ0v) is 10.7. The van der Waals surface area contributed by atoms with Crippen molar-refractivity contribution in [3.05, 3.63) is 53.1 Å². The van der Waals surface area contributed by atoms with Crippen LogP contribution in [0.15, 0.2) is 30.6 Å². The van der Waals surface area contributed by atoms with Crippen LogP contribution in [0.1, 0.15) is 29.2 Å². The zero-order chi connectivity index (χ0) is 13.1. The van der Waals surface area contributed by atoms with Gasteiger partial charge in [0.1, 0.15) is 5.82 Å². The van der Waals surface area contributed by atoms with Crippen LogP contribution >= 0.6 is 0 Å². The Labute approximate surface area is 106 Å². The first kappa shape index (κ1) is 12.8. The van der Waals surface area contributed by atoms with Gasteiger partial charge in [-0.25, -0.2) is 4.39 Å². The number of nitrogens with two attached hydrogens (primary N) is 1. The van der Waals surface area contributed by atoms with Crippen LogP contribution in [0, 0.1) is 12.7 Å². The molecule has 0 aliphatic rings. The van der Waals surface area contributed by atoms with Crippen LogP contribution in [0.5, 0.6) is 0 Å². The predicted octanol–water partition coefficient (Wildman–Crippen LogP) is 2.50. The minimum Gasteiger partial charge on any atom is -0.324 e. The van der Waals surface area contributed by atoms with E-state index in [0.717, 1.165) is 24.0 Å². The number of hydrogen-bond acceptors (Lipinski definition) is 2. The van der Waals surface area contributed by atoms with Gasteiger partial charge in [0.2, 0.25) is 0 Å². The third-order valence-electron chi connectivity index (χ3n) is 3.13. The van der Waals surface area contributed by atoms with Gasteiger partial charge in [-0.05, 0) is 48.6 Å². The van der Waals surface area contributed by atoms with Crippen molar-refractivity contribution in [3.8, 4) is 0 Å². The fourth-order valence-corrected chi connectivity index (χ4v) is 2.13. The number of aromatic nitrogens is 2. The van der Waals surface area contributed by atoms with E-state index in [1.165, 1.54) is 17.7 Å². The minimum absolute atomic E-state index is 0.0641. The van der Waals surface area contributed by atoms with Gasteiger partial charge in [-0.3, -0.25) is 4.68 Å². The van der Waals surface area contributed by atoms with E-state index in [-0.39, 0.29) is 11.9 Å². The maximum atomic E-state index is 13.0. The Morgan fingerprint density at radius 2 is 2.22 bits per heavy atom. The van der Waals surface area contributed by atoms with Crippen molar-refractivity contribution in [1.82, 2.24) is 9.78 Å². The molecule has 96 valence electrons. The standard InChI is InChI=1S/C14H18FN3/c1-10-7-12(15)4-5-13(10)14(16)6-3-11-8-17-18(2)9-11/h4-5,7-9,14H,3,6,16H2,1-2H3. The van der Waals surface area contributed by atoms with E-state index in [0.29, 0.717) is 0 Å². The van der Waals surface area contributed by atoms with Gasteiger partial charge in [-0.1, -0.05) is 6.07 Å². The Morgan fingerprint density at radius 3 is 2.83 bits per heavy atom. The molecule has 0 radical (unpaired) electrons. The number of hydrogen-bond donors (Lipinski definition) is 1. The molecule has 2 aromatic rings. The maximum Gasteiger partial charge on any atom is 0.123 e. The Hall–Kier alpha value is -1.68. The van der Waals surface area contributed by atoms with E-state index in [2.05, 4.69) is 5.10 Å². The van der Waals surface area contributed by atoms with Gasteiger partial charge < -0.3 is 5.73 Å². The first-order chi connectivity index (χ1) is 8.56. The van der Waals surface area contributed by atoms with Gasteiger partial charge in [0.05, 0.1) is 6.20 Å². The average molecular weight is 247 g/mol. The lowest BCUT2D eigenvalue weighted by atomic mass is 9.97. The molecular weight excluding hydrogens is 229 g/mol. The number of halogens is 1. The van der Waals surface area contributed by atoms with Crippen molar-refractivity contribution in [1.29, 1.82) is 0 Å². The molecule has 0 amide bonds. The summed E-state index contributed by atoms with van der Waals surface area (Å²) >= 11 is 0. The largest absolute Gasteiger partial charge is 0.324 e. The highest BCUT2D eigenvalue weighted by molar-refractivity contribution is 5.29. The molecule has 0 fully saturated rings. The Bertz CT molecular complexity index is 534. The molecule has 0 spiro atoms. The average Bonchev–Trinajstić information content (AvgIpc) is 2.72. The van der Waals surface area contributed by atoms with Crippen LogP contribution in [0.4, 0.5) is 4.39 Å². The van der Waals surface area contributed by atoms with Crippen LogP contribution in [0.25, 0.3) is 0 Å². The van der Waals surface area contributed by atoms with Crippen LogP contribution in [-0.2, 0) is 13.5 Å². The summed E-state index contributed by atoms with van der Waals surface area (Å²) in [5, 5.41) is 4.12. The van der Waals surface area contributed by atoms with Gasteiger partial charge in [-0.2, -0.15) is 5.10 Å². The molecule has 1 aromatic carbocycles. The lowest BCUT2D eigenvalue weighted by molar-refractivity contribution is 0.616. The highest BCUT2D eigenvalue weighted by Crippen LogP contribution is 2.21. The Morgan fingerprint density at radius 1 is 1.44 bits per heavy atom. The monoisotopic (exact) mass is 247 g/mol. The van der Waals surface area contributed by atoms with Crippen LogP contribution in [0.3, 0.4) is 0 Å². The van der Waals surface area contributed by atoms with Crippen LogP contribution in [0.2, 0.25) is 0 Å². The van der Waals surface area contributed by atoms with Gasteiger partial charge in [0, 0.05) is 19.3 Å². The third-order valence-corrected chi connectivity index (χ3v) is 3.13. The molecule has 1 aromatic heterocycles. The minimum atomic E-state index is -0.212. The van der Waals surface area contributed by atoms with Crippen LogP contribution < -0.4 is 5.73 Å². The summed E-state index contributed by atoms with van der Waals surface area (Å²) in [4.78, 5) is 0. The molecule has 2 rings (SSSR count). The molecule has 0 bridgehead atoms. The van der Waals surface area contributed by atoms with Crippen molar-refractivity contribution in [2.75, 3.05) is 0 Å². The first-order valence-corrected chi connectivity index (χ1v) is 6.05. The Balaban J connectivity index is 2.01. The quantitative estimate of drug-likeness (QED) is 0.902. The van der Waals surface area contributed by atoms with E-state index in [1.807, 2.05) is 26.4 Å². The molecular formula is C14H18FN3. The number of benzene rings is 1. The van der Waals surface area contributed by atoms with Gasteiger partial charge >= 0.3 is 0 Å². The fraction of sp³-hybridized carbons (Fsp3) is 0.357. The second-order valence-corrected chi connectivity index (χ2v) is 4.67. The van der Waals surface area contributed by atoms with Crippen molar-refractivity contribution >= 4 is 0 Å². The molecule has 0 aliphatic heterocycles. The second-order valence-electron chi connectivity index (χ2n) is 4.67. The van der Waals surface area contributed by atoms with E-state index < -0.39 is 0 Å². The predicted molar refractivity (Wildman–Crippen MR) is 69.6 cm³/mol. The zero-order valence-electron chi connectivity index (χ0n) is 10.7. The van der Waals surface area contributed by atoms with Gasteiger partial charge in [0.15, 0.2) is 0 Å². The molecule has 2 N–H and O–H groups in total. The second kappa shape index (κ2) is 5.31. The van der Waals surface area contributed by atoms with Crippen molar-refractivity contribution in [3.63, 3.8) is 0 Å². The van der Waals surface area contributed by atoms with E-state index in [4.69, 9.17) is 5.73 Å². The molecule has 0 saturated heterocycles. The smallest absolute Gasteiger partial charge is 0.123 e. The summed E-state index contributed by atoms with van der Waals surface area (Å²) in [6.45, 7) is 1.89. The van der Waals surface area contributed by atoms with E-state index >= 15 is 0 Å². The highest BCUT2D eigenvalue weighted by Gasteiger charge is 2.10. The van der Waals surface area contributed by atoms with E-state index in [9.17, 15) is 4.39 Å². The number of nitrogens with zero attached hydrogens (tertiary/aromatic N) is 2. The number of rotatable bonds is 4.